The molecule has 0 bridgehead atoms. The highest BCUT2D eigenvalue weighted by molar-refractivity contribution is 6.30. The molecular weight excluding hydrogens is 398 g/mol. The van der Waals surface area contributed by atoms with Crippen molar-refractivity contribution in [3.05, 3.63) is 82.0 Å². The minimum atomic E-state index is -0.403. The standard InChI is InChI=1S/C25H24ClNO3/c1-16-22(25(29)30-15-14-17-6-3-2-4-7-17)23(18-10-12-19(26)13-11-18)24-20(27-16)8-5-9-21(24)28/h2-4,6-7,10-13,23-24H,5,8-9,14-15H2,1H3. The number of fused-ring (bicyclic) bond motifs is 1. The molecule has 2 aliphatic rings. The number of benzene rings is 2. The third-order valence-electron chi connectivity index (χ3n) is 5.82. The van der Waals surface area contributed by atoms with Crippen molar-refractivity contribution in [1.82, 2.24) is 0 Å². The number of Topliss-reactive ketones (excluding diaryl/α,β-unsaturated/α-hetero) is 1. The van der Waals surface area contributed by atoms with Gasteiger partial charge in [-0.1, -0.05) is 54.1 Å². The Hall–Kier alpha value is -2.72. The first kappa shape index (κ1) is 20.5. The van der Waals surface area contributed by atoms with E-state index in [-0.39, 0.29) is 18.3 Å². The normalized spacial score (nSPS) is 21.1. The lowest BCUT2D eigenvalue weighted by Gasteiger charge is -2.35. The van der Waals surface area contributed by atoms with E-state index in [1.54, 1.807) is 12.1 Å². The largest absolute Gasteiger partial charge is 0.462 e. The third-order valence-corrected chi connectivity index (χ3v) is 6.08. The number of halogens is 1. The van der Waals surface area contributed by atoms with Gasteiger partial charge in [-0.05, 0) is 43.0 Å². The van der Waals surface area contributed by atoms with Crippen molar-refractivity contribution in [2.24, 2.45) is 10.9 Å². The Morgan fingerprint density at radius 3 is 2.53 bits per heavy atom. The highest BCUT2D eigenvalue weighted by Crippen LogP contribution is 2.43. The minimum Gasteiger partial charge on any atom is -0.462 e. The molecule has 1 saturated carbocycles. The highest BCUT2D eigenvalue weighted by atomic mass is 35.5. The molecule has 2 atom stereocenters. The molecule has 1 aliphatic heterocycles. The second-order valence-electron chi connectivity index (χ2n) is 7.80. The van der Waals surface area contributed by atoms with E-state index in [1.807, 2.05) is 49.4 Å². The zero-order valence-corrected chi connectivity index (χ0v) is 17.7. The molecule has 1 fully saturated rings. The molecule has 1 heterocycles. The maximum atomic E-state index is 13.1. The average Bonchev–Trinajstić information content (AvgIpc) is 2.74. The molecule has 30 heavy (non-hydrogen) atoms. The number of hydrogen-bond donors (Lipinski definition) is 0. The summed E-state index contributed by atoms with van der Waals surface area (Å²) in [6, 6.07) is 17.3. The van der Waals surface area contributed by atoms with Gasteiger partial charge in [-0.25, -0.2) is 4.79 Å². The average molecular weight is 422 g/mol. The van der Waals surface area contributed by atoms with Crippen LogP contribution in [0.15, 0.2) is 70.9 Å². The number of allylic oxidation sites excluding steroid dienone is 1. The van der Waals surface area contributed by atoms with E-state index in [2.05, 4.69) is 4.99 Å². The van der Waals surface area contributed by atoms with Crippen LogP contribution in [0.5, 0.6) is 0 Å². The number of ketones is 1. The topological polar surface area (TPSA) is 55.7 Å². The molecule has 5 heteroatoms. The molecule has 0 amide bonds. The number of hydrogen-bond acceptors (Lipinski definition) is 4. The fourth-order valence-corrected chi connectivity index (χ4v) is 4.53. The lowest BCUT2D eigenvalue weighted by atomic mass is 9.69. The first-order valence-corrected chi connectivity index (χ1v) is 10.7. The van der Waals surface area contributed by atoms with Gasteiger partial charge in [-0.15, -0.1) is 0 Å². The van der Waals surface area contributed by atoms with Crippen molar-refractivity contribution in [1.29, 1.82) is 0 Å². The molecule has 2 aromatic rings. The summed E-state index contributed by atoms with van der Waals surface area (Å²) >= 11 is 6.08. The summed E-state index contributed by atoms with van der Waals surface area (Å²) < 4.78 is 5.64. The monoisotopic (exact) mass is 421 g/mol. The Balaban J connectivity index is 1.63. The molecule has 1 aliphatic carbocycles. The SMILES string of the molecule is CC1=C(C(=O)OCCc2ccccc2)C(c2ccc(Cl)cc2)C2C(=O)CCCC2=N1. The summed E-state index contributed by atoms with van der Waals surface area (Å²) in [5, 5.41) is 0.617. The van der Waals surface area contributed by atoms with E-state index >= 15 is 0 Å². The molecule has 0 N–H and O–H groups in total. The number of ether oxygens (including phenoxy) is 1. The van der Waals surface area contributed by atoms with Crippen LogP contribution in [0.1, 0.15) is 43.2 Å². The third kappa shape index (κ3) is 4.24. The summed E-state index contributed by atoms with van der Waals surface area (Å²) in [7, 11) is 0. The number of nitrogens with zero attached hydrogens (tertiary/aromatic N) is 1. The maximum Gasteiger partial charge on any atom is 0.336 e. The summed E-state index contributed by atoms with van der Waals surface area (Å²) in [5.41, 5.74) is 4.00. The molecular formula is C25H24ClNO3. The second kappa shape index (κ2) is 8.97. The number of carbonyl (C=O) groups excluding carboxylic acids is 2. The molecule has 0 saturated heterocycles. The van der Waals surface area contributed by atoms with Crippen LogP contribution in [-0.4, -0.2) is 24.1 Å². The fourth-order valence-electron chi connectivity index (χ4n) is 4.40. The van der Waals surface area contributed by atoms with Gasteiger partial charge in [-0.2, -0.15) is 0 Å². The van der Waals surface area contributed by atoms with Crippen LogP contribution >= 0.6 is 11.6 Å². The van der Waals surface area contributed by atoms with Crippen molar-refractivity contribution < 1.29 is 14.3 Å². The predicted octanol–water partition coefficient (Wildman–Crippen LogP) is 5.31. The van der Waals surface area contributed by atoms with Gasteiger partial charge in [0.2, 0.25) is 0 Å². The molecule has 4 nitrogen and oxygen atoms in total. The maximum absolute atomic E-state index is 13.1. The summed E-state index contributed by atoms with van der Waals surface area (Å²) in [6.45, 7) is 2.11. The molecule has 2 unspecified atom stereocenters. The minimum absolute atomic E-state index is 0.141. The Kier molecular flexibility index (Phi) is 6.14. The number of esters is 1. The fraction of sp³-hybridized carbons (Fsp3) is 0.320. The van der Waals surface area contributed by atoms with E-state index in [0.717, 1.165) is 29.7 Å². The van der Waals surface area contributed by atoms with Gasteiger partial charge in [0.15, 0.2) is 0 Å². The molecule has 0 radical (unpaired) electrons. The smallest absolute Gasteiger partial charge is 0.336 e. The van der Waals surface area contributed by atoms with Gasteiger partial charge in [0.1, 0.15) is 5.78 Å². The molecule has 154 valence electrons. The first-order chi connectivity index (χ1) is 14.5. The van der Waals surface area contributed by atoms with Crippen LogP contribution in [0.4, 0.5) is 0 Å². The van der Waals surface area contributed by atoms with Crippen LogP contribution in [0.2, 0.25) is 5.02 Å². The van der Waals surface area contributed by atoms with Crippen molar-refractivity contribution in [3.63, 3.8) is 0 Å². The van der Waals surface area contributed by atoms with Gasteiger partial charge < -0.3 is 4.74 Å². The van der Waals surface area contributed by atoms with Crippen molar-refractivity contribution in [2.75, 3.05) is 6.61 Å². The zero-order chi connectivity index (χ0) is 21.1. The Labute approximate surface area is 181 Å². The molecule has 0 aromatic heterocycles. The van der Waals surface area contributed by atoms with Crippen molar-refractivity contribution >= 4 is 29.1 Å². The lowest BCUT2D eigenvalue weighted by Crippen LogP contribution is -2.39. The van der Waals surface area contributed by atoms with Gasteiger partial charge in [0.05, 0.1) is 18.1 Å². The van der Waals surface area contributed by atoms with Gasteiger partial charge in [0.25, 0.3) is 0 Å². The van der Waals surface area contributed by atoms with Crippen LogP contribution in [-0.2, 0) is 20.7 Å². The van der Waals surface area contributed by atoms with Crippen LogP contribution < -0.4 is 0 Å². The summed E-state index contributed by atoms with van der Waals surface area (Å²) in [4.78, 5) is 30.7. The highest BCUT2D eigenvalue weighted by Gasteiger charge is 2.43. The first-order valence-electron chi connectivity index (χ1n) is 10.3. The van der Waals surface area contributed by atoms with E-state index in [1.165, 1.54) is 0 Å². The Morgan fingerprint density at radius 1 is 1.07 bits per heavy atom. The second-order valence-corrected chi connectivity index (χ2v) is 8.24. The van der Waals surface area contributed by atoms with Crippen molar-refractivity contribution in [2.45, 2.75) is 38.5 Å². The predicted molar refractivity (Wildman–Crippen MR) is 118 cm³/mol. The van der Waals surface area contributed by atoms with Crippen LogP contribution in [0.25, 0.3) is 0 Å². The van der Waals surface area contributed by atoms with E-state index in [9.17, 15) is 9.59 Å². The van der Waals surface area contributed by atoms with Crippen molar-refractivity contribution in [3.8, 4) is 0 Å². The van der Waals surface area contributed by atoms with Gasteiger partial charge >= 0.3 is 5.97 Å². The van der Waals surface area contributed by atoms with E-state index in [4.69, 9.17) is 16.3 Å². The summed E-state index contributed by atoms with van der Waals surface area (Å²) in [6.07, 6.45) is 2.75. The summed E-state index contributed by atoms with van der Waals surface area (Å²) in [5.74, 6) is -1.04. The molecule has 0 spiro atoms. The van der Waals surface area contributed by atoms with E-state index < -0.39 is 11.9 Å². The Bertz CT molecular complexity index is 1010. The lowest BCUT2D eigenvalue weighted by molar-refractivity contribution is -0.139. The molecule has 4 rings (SSSR count). The van der Waals surface area contributed by atoms with Crippen LogP contribution in [0.3, 0.4) is 0 Å². The van der Waals surface area contributed by atoms with Crippen LogP contribution in [0, 0.1) is 5.92 Å². The zero-order valence-electron chi connectivity index (χ0n) is 16.9. The van der Waals surface area contributed by atoms with E-state index in [0.29, 0.717) is 29.1 Å². The van der Waals surface area contributed by atoms with Gasteiger partial charge in [-0.3, -0.25) is 9.79 Å². The number of aliphatic imine (C=N–C) groups is 1. The Morgan fingerprint density at radius 2 is 1.80 bits per heavy atom. The number of carbonyl (C=O) groups is 2. The van der Waals surface area contributed by atoms with Gasteiger partial charge in [0, 0.05) is 35.2 Å². The quantitative estimate of drug-likeness (QED) is 0.615. The number of rotatable bonds is 5. The molecule has 2 aromatic carbocycles.